The molecule has 29 heavy (non-hydrogen) atoms. The lowest BCUT2D eigenvalue weighted by Crippen LogP contribution is -2.20. The fraction of sp³-hybridized carbons (Fsp3) is 0.333. The van der Waals surface area contributed by atoms with Gasteiger partial charge < -0.3 is 15.4 Å². The van der Waals surface area contributed by atoms with E-state index in [1.54, 1.807) is 12.1 Å². The van der Waals surface area contributed by atoms with E-state index in [0.29, 0.717) is 24.6 Å². The molecular weight excluding hydrogens is 364 g/mol. The van der Waals surface area contributed by atoms with Crippen LogP contribution in [0.5, 0.6) is 0 Å². The van der Waals surface area contributed by atoms with Crippen LogP contribution in [-0.2, 0) is 22.7 Å². The molecule has 0 aliphatic heterocycles. The van der Waals surface area contributed by atoms with Gasteiger partial charge in [-0.1, -0.05) is 44.7 Å². The first-order valence-corrected chi connectivity index (χ1v) is 9.95. The molecule has 2 aromatic carbocycles. The highest BCUT2D eigenvalue weighted by Crippen LogP contribution is 2.14. The van der Waals surface area contributed by atoms with Crippen molar-refractivity contribution in [3.05, 3.63) is 77.9 Å². The van der Waals surface area contributed by atoms with Gasteiger partial charge in [-0.15, -0.1) is 0 Å². The Morgan fingerprint density at radius 1 is 1.10 bits per heavy atom. The molecule has 0 saturated carbocycles. The van der Waals surface area contributed by atoms with Crippen LogP contribution in [0, 0.1) is 5.92 Å². The molecule has 0 aliphatic rings. The van der Waals surface area contributed by atoms with Gasteiger partial charge in [0.1, 0.15) is 0 Å². The molecule has 0 radical (unpaired) electrons. The third-order valence-electron chi connectivity index (χ3n) is 4.39. The number of benzene rings is 2. The molecule has 0 unspecified atom stereocenters. The standard InChI is InChI=1S/C24H30N2O3/c1-4-23(27)25-16-19-10-12-21(13-11-19)24(28)26-22-9-5-8-20(15-22)17-29-14-6-7-18(2)3/h4-5,8-13,15,18H,1,6-7,14,16-17H2,2-3H3,(H,25,27)(H,26,28). The average Bonchev–Trinajstić information content (AvgIpc) is 2.72. The second-order valence-corrected chi connectivity index (χ2v) is 7.36. The summed E-state index contributed by atoms with van der Waals surface area (Å²) in [5.74, 6) is 0.286. The van der Waals surface area contributed by atoms with E-state index in [1.165, 1.54) is 6.08 Å². The summed E-state index contributed by atoms with van der Waals surface area (Å²) in [4.78, 5) is 23.7. The summed E-state index contributed by atoms with van der Waals surface area (Å²) in [7, 11) is 0. The molecule has 2 aromatic rings. The van der Waals surface area contributed by atoms with Crippen LogP contribution in [0.2, 0.25) is 0 Å². The van der Waals surface area contributed by atoms with E-state index in [-0.39, 0.29) is 11.8 Å². The van der Waals surface area contributed by atoms with E-state index in [4.69, 9.17) is 4.74 Å². The predicted molar refractivity (Wildman–Crippen MR) is 117 cm³/mol. The van der Waals surface area contributed by atoms with Crippen molar-refractivity contribution >= 4 is 17.5 Å². The minimum Gasteiger partial charge on any atom is -0.377 e. The fourth-order valence-corrected chi connectivity index (χ4v) is 2.76. The van der Waals surface area contributed by atoms with Crippen LogP contribution in [0.15, 0.2) is 61.2 Å². The molecule has 0 bridgehead atoms. The van der Waals surface area contributed by atoms with Gasteiger partial charge in [-0.3, -0.25) is 9.59 Å². The van der Waals surface area contributed by atoms with E-state index in [9.17, 15) is 9.59 Å². The number of carbonyl (C=O) groups excluding carboxylic acids is 2. The van der Waals surface area contributed by atoms with Crippen LogP contribution in [0.25, 0.3) is 0 Å². The van der Waals surface area contributed by atoms with E-state index < -0.39 is 0 Å². The van der Waals surface area contributed by atoms with Gasteiger partial charge in [0.05, 0.1) is 6.61 Å². The molecule has 5 nitrogen and oxygen atoms in total. The van der Waals surface area contributed by atoms with E-state index >= 15 is 0 Å². The quantitative estimate of drug-likeness (QED) is 0.429. The van der Waals surface area contributed by atoms with Crippen molar-refractivity contribution in [3.63, 3.8) is 0 Å². The number of hydrogen-bond donors (Lipinski definition) is 2. The highest BCUT2D eigenvalue weighted by atomic mass is 16.5. The summed E-state index contributed by atoms with van der Waals surface area (Å²) in [6.07, 6.45) is 3.45. The highest BCUT2D eigenvalue weighted by Gasteiger charge is 2.07. The number of anilines is 1. The summed E-state index contributed by atoms with van der Waals surface area (Å²) >= 11 is 0. The molecule has 2 N–H and O–H groups in total. The number of ether oxygens (including phenoxy) is 1. The van der Waals surface area contributed by atoms with Crippen molar-refractivity contribution in [2.45, 2.75) is 39.8 Å². The molecule has 0 heterocycles. The Balaban J connectivity index is 1.85. The van der Waals surface area contributed by atoms with Gasteiger partial charge in [0.2, 0.25) is 5.91 Å². The number of amides is 2. The second kappa shape index (κ2) is 11.8. The molecule has 0 atom stereocenters. The second-order valence-electron chi connectivity index (χ2n) is 7.36. The fourth-order valence-electron chi connectivity index (χ4n) is 2.76. The normalized spacial score (nSPS) is 10.6. The number of carbonyl (C=O) groups is 2. The Hall–Kier alpha value is -2.92. The van der Waals surface area contributed by atoms with Crippen LogP contribution in [0.3, 0.4) is 0 Å². The summed E-state index contributed by atoms with van der Waals surface area (Å²) in [5.41, 5.74) is 3.23. The Labute approximate surface area is 173 Å². The zero-order valence-corrected chi connectivity index (χ0v) is 17.2. The van der Waals surface area contributed by atoms with Gasteiger partial charge in [0.25, 0.3) is 5.91 Å². The lowest BCUT2D eigenvalue weighted by Gasteiger charge is -2.09. The third kappa shape index (κ3) is 8.32. The Morgan fingerprint density at radius 3 is 2.55 bits per heavy atom. The topological polar surface area (TPSA) is 67.4 Å². The molecule has 0 fully saturated rings. The van der Waals surface area contributed by atoms with Gasteiger partial charge in [-0.25, -0.2) is 0 Å². The zero-order valence-electron chi connectivity index (χ0n) is 17.2. The van der Waals surface area contributed by atoms with Crippen LogP contribution in [0.1, 0.15) is 48.2 Å². The molecule has 0 aliphatic carbocycles. The summed E-state index contributed by atoms with van der Waals surface area (Å²) in [5, 5.41) is 5.62. The number of nitrogens with one attached hydrogen (secondary N) is 2. The van der Waals surface area contributed by atoms with Gasteiger partial charge in [0.15, 0.2) is 0 Å². The average molecular weight is 395 g/mol. The molecule has 154 valence electrons. The minimum absolute atomic E-state index is 0.179. The number of rotatable bonds is 11. The maximum absolute atomic E-state index is 12.5. The van der Waals surface area contributed by atoms with Crippen molar-refractivity contribution in [2.24, 2.45) is 5.92 Å². The molecule has 0 saturated heterocycles. The Bertz CT molecular complexity index is 813. The molecule has 0 aromatic heterocycles. The monoisotopic (exact) mass is 394 g/mol. The first-order valence-electron chi connectivity index (χ1n) is 9.95. The lowest BCUT2D eigenvalue weighted by molar-refractivity contribution is -0.116. The van der Waals surface area contributed by atoms with Gasteiger partial charge >= 0.3 is 0 Å². The predicted octanol–water partition coefficient (Wildman–Crippen LogP) is 4.69. The van der Waals surface area contributed by atoms with Crippen LogP contribution >= 0.6 is 0 Å². The smallest absolute Gasteiger partial charge is 0.255 e. The summed E-state index contributed by atoms with van der Waals surface area (Å²) < 4.78 is 5.73. The van der Waals surface area contributed by atoms with Crippen molar-refractivity contribution in [1.82, 2.24) is 5.32 Å². The van der Waals surface area contributed by atoms with Gasteiger partial charge in [-0.2, -0.15) is 0 Å². The van der Waals surface area contributed by atoms with Gasteiger partial charge in [0, 0.05) is 24.4 Å². The molecular formula is C24H30N2O3. The van der Waals surface area contributed by atoms with Gasteiger partial charge in [-0.05, 0) is 60.2 Å². The maximum atomic E-state index is 12.5. The Kier molecular flexibility index (Phi) is 9.12. The van der Waals surface area contributed by atoms with Crippen molar-refractivity contribution in [3.8, 4) is 0 Å². The number of hydrogen-bond acceptors (Lipinski definition) is 3. The summed E-state index contributed by atoms with van der Waals surface area (Å²) in [6.45, 7) is 9.51. The van der Waals surface area contributed by atoms with Crippen LogP contribution in [0.4, 0.5) is 5.69 Å². The third-order valence-corrected chi connectivity index (χ3v) is 4.39. The molecule has 0 spiro atoms. The minimum atomic E-state index is -0.226. The van der Waals surface area contributed by atoms with E-state index in [2.05, 4.69) is 31.1 Å². The molecule has 2 amide bonds. The van der Waals surface area contributed by atoms with Crippen molar-refractivity contribution in [2.75, 3.05) is 11.9 Å². The first-order chi connectivity index (χ1) is 14.0. The van der Waals surface area contributed by atoms with Crippen LogP contribution in [-0.4, -0.2) is 18.4 Å². The maximum Gasteiger partial charge on any atom is 0.255 e. The van der Waals surface area contributed by atoms with Crippen molar-refractivity contribution in [1.29, 1.82) is 0 Å². The molecule has 2 rings (SSSR count). The SMILES string of the molecule is C=CC(=O)NCc1ccc(C(=O)Nc2cccc(COCCCC(C)C)c2)cc1. The van der Waals surface area contributed by atoms with Crippen molar-refractivity contribution < 1.29 is 14.3 Å². The lowest BCUT2D eigenvalue weighted by atomic mass is 10.1. The highest BCUT2D eigenvalue weighted by molar-refractivity contribution is 6.04. The first kappa shape index (κ1) is 22.4. The largest absolute Gasteiger partial charge is 0.377 e. The Morgan fingerprint density at radius 2 is 1.86 bits per heavy atom. The van der Waals surface area contributed by atoms with E-state index in [0.717, 1.165) is 36.3 Å². The zero-order chi connectivity index (χ0) is 21.1. The van der Waals surface area contributed by atoms with Crippen LogP contribution < -0.4 is 10.6 Å². The molecule has 5 heteroatoms. The summed E-state index contributed by atoms with van der Waals surface area (Å²) in [6, 6.07) is 14.8. The van der Waals surface area contributed by atoms with E-state index in [1.807, 2.05) is 36.4 Å².